The van der Waals surface area contributed by atoms with Crippen LogP contribution in [0.5, 0.6) is 0 Å². The van der Waals surface area contributed by atoms with Gasteiger partial charge in [0, 0.05) is 17.6 Å². The van der Waals surface area contributed by atoms with Crippen LogP contribution >= 0.6 is 11.6 Å². The molecule has 0 aliphatic heterocycles. The molecule has 0 heterocycles. The molecule has 0 aliphatic rings. The Labute approximate surface area is 126 Å². The molecule has 2 rings (SSSR count). The average molecular weight is 314 g/mol. The molecule has 1 N–H and O–H groups in total. The maximum absolute atomic E-state index is 12.9. The van der Waals surface area contributed by atoms with Crippen molar-refractivity contribution in [3.63, 3.8) is 0 Å². The van der Waals surface area contributed by atoms with Crippen LogP contribution < -0.4 is 5.32 Å². The third-order valence-electron chi connectivity index (χ3n) is 3.29. The van der Waals surface area contributed by atoms with Gasteiger partial charge in [-0.05, 0) is 30.2 Å². The molecule has 0 aliphatic carbocycles. The van der Waals surface area contributed by atoms with Crippen LogP contribution in [-0.2, 0) is 12.7 Å². The summed E-state index contributed by atoms with van der Waals surface area (Å²) in [6.45, 7) is 2.00. The Bertz CT molecular complexity index is 610. The molecule has 112 valence electrons. The van der Waals surface area contributed by atoms with Crippen molar-refractivity contribution in [3.8, 4) is 0 Å². The first-order valence-corrected chi connectivity index (χ1v) is 6.90. The van der Waals surface area contributed by atoms with Crippen LogP contribution in [0.3, 0.4) is 0 Å². The largest absolute Gasteiger partial charge is 0.416 e. The number of hydrogen-bond acceptors (Lipinski definition) is 1. The van der Waals surface area contributed by atoms with Gasteiger partial charge in [0.1, 0.15) is 0 Å². The highest BCUT2D eigenvalue weighted by Gasteiger charge is 2.32. The molecule has 5 heteroatoms. The summed E-state index contributed by atoms with van der Waals surface area (Å²) < 4.78 is 38.7. The molecule has 0 aromatic heterocycles. The molecule has 0 fully saturated rings. The fourth-order valence-corrected chi connectivity index (χ4v) is 2.45. The second-order valence-corrected chi connectivity index (χ2v) is 5.19. The lowest BCUT2D eigenvalue weighted by Crippen LogP contribution is -2.21. The molecular formula is C16H15ClF3N. The zero-order valence-corrected chi connectivity index (χ0v) is 12.2. The highest BCUT2D eigenvalue weighted by atomic mass is 35.5. The van der Waals surface area contributed by atoms with Gasteiger partial charge in [0.15, 0.2) is 0 Å². The summed E-state index contributed by atoms with van der Waals surface area (Å²) in [6, 6.07) is 12.7. The Balaban J connectivity index is 2.12. The second-order valence-electron chi connectivity index (χ2n) is 4.78. The van der Waals surface area contributed by atoms with E-state index in [-0.39, 0.29) is 18.2 Å². The molecule has 0 radical (unpaired) electrons. The smallest absolute Gasteiger partial charge is 0.306 e. The molecule has 0 amide bonds. The van der Waals surface area contributed by atoms with Gasteiger partial charge in [-0.15, -0.1) is 0 Å². The summed E-state index contributed by atoms with van der Waals surface area (Å²) in [6.07, 6.45) is -4.34. The molecule has 1 atom stereocenters. The molecule has 0 saturated heterocycles. The maximum atomic E-state index is 12.9. The monoisotopic (exact) mass is 313 g/mol. The zero-order chi connectivity index (χ0) is 15.5. The fourth-order valence-electron chi connectivity index (χ4n) is 2.15. The average Bonchev–Trinajstić information content (AvgIpc) is 2.44. The van der Waals surface area contributed by atoms with Crippen molar-refractivity contribution in [1.29, 1.82) is 0 Å². The van der Waals surface area contributed by atoms with Crippen molar-refractivity contribution in [2.24, 2.45) is 0 Å². The molecular weight excluding hydrogens is 299 g/mol. The number of halogens is 4. The third kappa shape index (κ3) is 3.99. The predicted octanol–water partition coefficient (Wildman–Crippen LogP) is 5.21. The van der Waals surface area contributed by atoms with Gasteiger partial charge in [0.25, 0.3) is 0 Å². The van der Waals surface area contributed by atoms with E-state index in [0.29, 0.717) is 5.02 Å². The number of hydrogen-bond donors (Lipinski definition) is 1. The summed E-state index contributed by atoms with van der Waals surface area (Å²) in [5, 5.41) is 3.68. The zero-order valence-electron chi connectivity index (χ0n) is 11.4. The standard InChI is InChI=1S/C16H15ClF3N/c1-11(13-7-3-5-9-15(13)17)21-10-12-6-2-4-8-14(12)16(18,19)20/h2-9,11,21H,10H2,1H3. The van der Waals surface area contributed by atoms with Gasteiger partial charge >= 0.3 is 6.18 Å². The number of alkyl halides is 3. The van der Waals surface area contributed by atoms with E-state index in [9.17, 15) is 13.2 Å². The Morgan fingerprint density at radius 3 is 2.33 bits per heavy atom. The van der Waals surface area contributed by atoms with Gasteiger partial charge in [-0.3, -0.25) is 0 Å². The van der Waals surface area contributed by atoms with Crippen molar-refractivity contribution in [2.75, 3.05) is 0 Å². The maximum Gasteiger partial charge on any atom is 0.416 e. The Morgan fingerprint density at radius 2 is 1.67 bits per heavy atom. The van der Waals surface area contributed by atoms with E-state index in [4.69, 9.17) is 11.6 Å². The van der Waals surface area contributed by atoms with Gasteiger partial charge in [-0.25, -0.2) is 0 Å². The van der Waals surface area contributed by atoms with Gasteiger partial charge in [0.05, 0.1) is 5.56 Å². The lowest BCUT2D eigenvalue weighted by atomic mass is 10.1. The lowest BCUT2D eigenvalue weighted by Gasteiger charge is -2.18. The van der Waals surface area contributed by atoms with Crippen LogP contribution in [0.25, 0.3) is 0 Å². The van der Waals surface area contributed by atoms with E-state index in [0.717, 1.165) is 11.6 Å². The van der Waals surface area contributed by atoms with Crippen LogP contribution in [-0.4, -0.2) is 0 Å². The first kappa shape index (κ1) is 15.9. The van der Waals surface area contributed by atoms with E-state index < -0.39 is 11.7 Å². The van der Waals surface area contributed by atoms with Gasteiger partial charge in [0.2, 0.25) is 0 Å². The van der Waals surface area contributed by atoms with Crippen molar-refractivity contribution in [3.05, 3.63) is 70.2 Å². The summed E-state index contributed by atoms with van der Waals surface area (Å²) in [4.78, 5) is 0. The summed E-state index contributed by atoms with van der Waals surface area (Å²) in [5.41, 5.74) is 0.483. The fraction of sp³-hybridized carbons (Fsp3) is 0.250. The van der Waals surface area contributed by atoms with Crippen LogP contribution in [0.1, 0.15) is 29.7 Å². The van der Waals surface area contributed by atoms with E-state index in [1.807, 2.05) is 25.1 Å². The van der Waals surface area contributed by atoms with Crippen LogP contribution in [0, 0.1) is 0 Å². The minimum atomic E-state index is -4.34. The quantitative estimate of drug-likeness (QED) is 0.817. The first-order valence-electron chi connectivity index (χ1n) is 6.52. The van der Waals surface area contributed by atoms with Gasteiger partial charge < -0.3 is 5.32 Å². The van der Waals surface area contributed by atoms with Crippen LogP contribution in [0.15, 0.2) is 48.5 Å². The number of nitrogens with one attached hydrogen (secondary N) is 1. The number of benzene rings is 2. The molecule has 0 spiro atoms. The second kappa shape index (κ2) is 6.50. The topological polar surface area (TPSA) is 12.0 Å². The molecule has 2 aromatic rings. The minimum absolute atomic E-state index is 0.127. The molecule has 0 bridgehead atoms. The highest BCUT2D eigenvalue weighted by Crippen LogP contribution is 2.32. The van der Waals surface area contributed by atoms with Crippen molar-refractivity contribution in [1.82, 2.24) is 5.32 Å². The van der Waals surface area contributed by atoms with Crippen LogP contribution in [0.2, 0.25) is 5.02 Å². The Hall–Kier alpha value is -1.52. The molecule has 21 heavy (non-hydrogen) atoms. The normalized spacial score (nSPS) is 13.2. The predicted molar refractivity (Wildman–Crippen MR) is 78.2 cm³/mol. The summed E-state index contributed by atoms with van der Waals surface area (Å²) >= 11 is 6.08. The summed E-state index contributed by atoms with van der Waals surface area (Å²) in [5.74, 6) is 0. The van der Waals surface area contributed by atoms with Crippen molar-refractivity contribution in [2.45, 2.75) is 25.7 Å². The molecule has 1 nitrogen and oxygen atoms in total. The van der Waals surface area contributed by atoms with E-state index in [1.165, 1.54) is 12.1 Å². The van der Waals surface area contributed by atoms with Crippen molar-refractivity contribution >= 4 is 11.6 Å². The van der Waals surface area contributed by atoms with E-state index in [1.54, 1.807) is 12.1 Å². The minimum Gasteiger partial charge on any atom is -0.306 e. The number of rotatable bonds is 4. The van der Waals surface area contributed by atoms with E-state index >= 15 is 0 Å². The molecule has 0 saturated carbocycles. The highest BCUT2D eigenvalue weighted by molar-refractivity contribution is 6.31. The third-order valence-corrected chi connectivity index (χ3v) is 3.64. The first-order chi connectivity index (χ1) is 9.89. The van der Waals surface area contributed by atoms with Gasteiger partial charge in [-0.1, -0.05) is 48.0 Å². The summed E-state index contributed by atoms with van der Waals surface area (Å²) in [7, 11) is 0. The van der Waals surface area contributed by atoms with Gasteiger partial charge in [-0.2, -0.15) is 13.2 Å². The van der Waals surface area contributed by atoms with E-state index in [2.05, 4.69) is 5.32 Å². The van der Waals surface area contributed by atoms with Crippen molar-refractivity contribution < 1.29 is 13.2 Å². The SMILES string of the molecule is CC(NCc1ccccc1C(F)(F)F)c1ccccc1Cl. The lowest BCUT2D eigenvalue weighted by molar-refractivity contribution is -0.138. The Morgan fingerprint density at radius 1 is 1.05 bits per heavy atom. The molecule has 1 unspecified atom stereocenters. The Kier molecular flexibility index (Phi) is 4.91. The van der Waals surface area contributed by atoms with Crippen LogP contribution in [0.4, 0.5) is 13.2 Å². The molecule has 2 aromatic carbocycles.